The van der Waals surface area contributed by atoms with E-state index in [0.717, 1.165) is 4.57 Å². The van der Waals surface area contributed by atoms with E-state index >= 15 is 0 Å². The number of aliphatic hydroxyl groups is 1. The molecule has 2 aromatic carbocycles. The molecule has 0 atom stereocenters. The van der Waals surface area contributed by atoms with Gasteiger partial charge >= 0.3 is 6.18 Å². The molecular formula is C19H16Cl2F3N3O2. The van der Waals surface area contributed by atoms with Gasteiger partial charge in [0.15, 0.2) is 0 Å². The van der Waals surface area contributed by atoms with Crippen molar-refractivity contribution in [1.82, 2.24) is 9.55 Å². The van der Waals surface area contributed by atoms with Gasteiger partial charge in [-0.3, -0.25) is 4.79 Å². The van der Waals surface area contributed by atoms with Crippen molar-refractivity contribution in [3.8, 4) is 0 Å². The molecule has 0 bridgehead atoms. The minimum Gasteiger partial charge on any atom is -0.389 e. The second-order valence-corrected chi connectivity index (χ2v) is 7.87. The van der Waals surface area contributed by atoms with Crippen LogP contribution in [0.1, 0.15) is 30.0 Å². The Morgan fingerprint density at radius 3 is 2.28 bits per heavy atom. The Hall–Kier alpha value is -2.29. The lowest BCUT2D eigenvalue weighted by molar-refractivity contribution is -0.147. The average Bonchev–Trinajstić information content (AvgIpc) is 2.93. The third kappa shape index (κ3) is 4.49. The van der Waals surface area contributed by atoms with Gasteiger partial charge in [-0.1, -0.05) is 35.3 Å². The molecule has 5 nitrogen and oxygen atoms in total. The smallest absolute Gasteiger partial charge is 0.389 e. The summed E-state index contributed by atoms with van der Waals surface area (Å²) in [7, 11) is 0. The lowest BCUT2D eigenvalue weighted by Gasteiger charge is -2.20. The summed E-state index contributed by atoms with van der Waals surface area (Å²) in [5.74, 6) is -1.86. The van der Waals surface area contributed by atoms with Crippen LogP contribution in [0.5, 0.6) is 0 Å². The third-order valence-electron chi connectivity index (χ3n) is 4.02. The summed E-state index contributed by atoms with van der Waals surface area (Å²) in [6.45, 7) is 2.44. The highest BCUT2D eigenvalue weighted by molar-refractivity contribution is 6.40. The first kappa shape index (κ1) is 21.4. The molecule has 0 aliphatic rings. The molecule has 1 aromatic heterocycles. The summed E-state index contributed by atoms with van der Waals surface area (Å²) in [5.41, 5.74) is -1.32. The fourth-order valence-corrected chi connectivity index (χ4v) is 3.48. The molecule has 3 rings (SSSR count). The van der Waals surface area contributed by atoms with Gasteiger partial charge in [0.1, 0.15) is 5.52 Å². The summed E-state index contributed by atoms with van der Waals surface area (Å²) in [6, 6.07) is 8.85. The van der Waals surface area contributed by atoms with Crippen LogP contribution in [0.25, 0.3) is 11.0 Å². The van der Waals surface area contributed by atoms with E-state index in [-0.39, 0.29) is 38.9 Å². The van der Waals surface area contributed by atoms with E-state index < -0.39 is 23.5 Å². The lowest BCUT2D eigenvalue weighted by Crippen LogP contribution is -2.29. The van der Waals surface area contributed by atoms with Gasteiger partial charge in [0.2, 0.25) is 5.82 Å². The van der Waals surface area contributed by atoms with E-state index in [0.29, 0.717) is 0 Å². The van der Waals surface area contributed by atoms with E-state index in [1.165, 1.54) is 44.2 Å². The van der Waals surface area contributed by atoms with Crippen LogP contribution >= 0.6 is 23.2 Å². The maximum absolute atomic E-state index is 13.5. The summed E-state index contributed by atoms with van der Waals surface area (Å²) in [5, 5.41) is 12.8. The number of fused-ring (bicyclic) bond motifs is 1. The summed E-state index contributed by atoms with van der Waals surface area (Å²) in [4.78, 5) is 16.3. The van der Waals surface area contributed by atoms with E-state index in [1.807, 2.05) is 0 Å². The molecule has 1 amide bonds. The minimum atomic E-state index is -4.75. The van der Waals surface area contributed by atoms with Gasteiger partial charge in [-0.2, -0.15) is 13.2 Å². The Morgan fingerprint density at radius 1 is 1.14 bits per heavy atom. The number of rotatable bonds is 4. The number of benzene rings is 2. The van der Waals surface area contributed by atoms with Gasteiger partial charge in [0.25, 0.3) is 5.91 Å². The van der Waals surface area contributed by atoms with Gasteiger partial charge in [-0.05, 0) is 38.1 Å². The van der Waals surface area contributed by atoms with Crippen molar-refractivity contribution in [3.63, 3.8) is 0 Å². The number of carbonyl (C=O) groups is 1. The summed E-state index contributed by atoms with van der Waals surface area (Å²) < 4.78 is 41.5. The van der Waals surface area contributed by atoms with Gasteiger partial charge in [0, 0.05) is 0 Å². The van der Waals surface area contributed by atoms with Crippen molar-refractivity contribution in [3.05, 3.63) is 57.8 Å². The van der Waals surface area contributed by atoms with Crippen LogP contribution in [0.15, 0.2) is 36.4 Å². The predicted molar refractivity (Wildman–Crippen MR) is 105 cm³/mol. The molecule has 1 heterocycles. The Balaban J connectivity index is 2.12. The number of hydrogen-bond acceptors (Lipinski definition) is 3. The molecule has 10 heteroatoms. The number of amides is 1. The number of halogens is 5. The van der Waals surface area contributed by atoms with Crippen molar-refractivity contribution in [2.24, 2.45) is 0 Å². The molecule has 2 N–H and O–H groups in total. The average molecular weight is 446 g/mol. The number of alkyl halides is 3. The molecule has 0 unspecified atom stereocenters. The molecular weight excluding hydrogens is 430 g/mol. The van der Waals surface area contributed by atoms with Crippen LogP contribution in [0, 0.1) is 0 Å². The van der Waals surface area contributed by atoms with Crippen molar-refractivity contribution >= 4 is 45.8 Å². The van der Waals surface area contributed by atoms with Crippen molar-refractivity contribution in [2.45, 2.75) is 32.2 Å². The molecule has 0 aliphatic carbocycles. The number of aromatic nitrogens is 2. The lowest BCUT2D eigenvalue weighted by atomic mass is 10.1. The summed E-state index contributed by atoms with van der Waals surface area (Å²) in [6.07, 6.45) is -4.75. The van der Waals surface area contributed by atoms with Gasteiger partial charge in [-0.25, -0.2) is 4.98 Å². The molecule has 0 aliphatic heterocycles. The molecule has 29 heavy (non-hydrogen) atoms. The topological polar surface area (TPSA) is 67.2 Å². The Bertz CT molecular complexity index is 1070. The van der Waals surface area contributed by atoms with Crippen molar-refractivity contribution < 1.29 is 23.1 Å². The number of anilines is 1. The highest BCUT2D eigenvalue weighted by Gasteiger charge is 2.39. The van der Waals surface area contributed by atoms with E-state index in [2.05, 4.69) is 10.3 Å². The first-order valence-corrected chi connectivity index (χ1v) is 9.18. The van der Waals surface area contributed by atoms with Crippen LogP contribution in [0.2, 0.25) is 10.0 Å². The van der Waals surface area contributed by atoms with E-state index in [9.17, 15) is 23.1 Å². The van der Waals surface area contributed by atoms with Gasteiger partial charge in [0.05, 0.1) is 39.0 Å². The Morgan fingerprint density at radius 2 is 1.72 bits per heavy atom. The molecule has 0 saturated carbocycles. The largest absolute Gasteiger partial charge is 0.449 e. The Kier molecular flexibility index (Phi) is 5.55. The zero-order chi connectivity index (χ0) is 21.6. The fraction of sp³-hybridized carbons (Fsp3) is 0.263. The van der Waals surface area contributed by atoms with Crippen molar-refractivity contribution in [1.29, 1.82) is 0 Å². The normalized spacial score (nSPS) is 12.4. The second-order valence-electron chi connectivity index (χ2n) is 7.06. The molecule has 0 spiro atoms. The van der Waals surface area contributed by atoms with Gasteiger partial charge in [-0.15, -0.1) is 0 Å². The zero-order valence-corrected chi connectivity index (χ0v) is 16.8. The third-order valence-corrected chi connectivity index (χ3v) is 4.65. The maximum Gasteiger partial charge on any atom is 0.449 e. The highest BCUT2D eigenvalue weighted by Crippen LogP contribution is 2.35. The number of nitrogens with zero attached hydrogens (tertiary/aromatic N) is 2. The van der Waals surface area contributed by atoms with E-state index in [1.54, 1.807) is 6.07 Å². The van der Waals surface area contributed by atoms with Crippen LogP contribution in [0.3, 0.4) is 0 Å². The number of nitrogens with one attached hydrogen (secondary N) is 1. The molecule has 0 saturated heterocycles. The highest BCUT2D eigenvalue weighted by atomic mass is 35.5. The molecule has 0 fully saturated rings. The monoisotopic (exact) mass is 445 g/mol. The Labute approximate surface area is 174 Å². The van der Waals surface area contributed by atoms with Crippen LogP contribution in [0.4, 0.5) is 18.9 Å². The molecule has 3 aromatic rings. The van der Waals surface area contributed by atoms with Gasteiger partial charge < -0.3 is 15.0 Å². The number of hydrogen-bond donors (Lipinski definition) is 2. The first-order chi connectivity index (χ1) is 13.4. The van der Waals surface area contributed by atoms with Crippen LogP contribution in [-0.2, 0) is 12.7 Å². The summed E-state index contributed by atoms with van der Waals surface area (Å²) >= 11 is 12.1. The second kappa shape index (κ2) is 7.51. The fourth-order valence-electron chi connectivity index (χ4n) is 2.91. The standard InChI is InChI=1S/C19H16Cl2F3N3O2/c1-18(2,29)9-27-13-8-4-7-12(15(13)26-17(27)19(22,23)24)25-16(28)14-10(20)5-3-6-11(14)21/h3-8,29H,9H2,1-2H3,(H,25,28). The molecule has 154 valence electrons. The number of imidazole rings is 1. The SMILES string of the molecule is CC(C)(O)Cn1c(C(F)(F)F)nc2c(NC(=O)c3c(Cl)cccc3Cl)cccc21. The van der Waals surface area contributed by atoms with Crippen molar-refractivity contribution in [2.75, 3.05) is 5.32 Å². The number of para-hydroxylation sites is 1. The minimum absolute atomic E-state index is 0.000180. The first-order valence-electron chi connectivity index (χ1n) is 8.42. The zero-order valence-electron chi connectivity index (χ0n) is 15.3. The van der Waals surface area contributed by atoms with Crippen LogP contribution < -0.4 is 5.32 Å². The maximum atomic E-state index is 13.5. The predicted octanol–water partition coefficient (Wildman–Crippen LogP) is 5.39. The van der Waals surface area contributed by atoms with E-state index in [4.69, 9.17) is 23.2 Å². The number of carbonyl (C=O) groups excluding carboxylic acids is 1. The quantitative estimate of drug-likeness (QED) is 0.565. The van der Waals surface area contributed by atoms with Crippen LogP contribution in [-0.4, -0.2) is 26.2 Å². The molecule has 0 radical (unpaired) electrons.